The molecule has 0 radical (unpaired) electrons. The zero-order valence-electron chi connectivity index (χ0n) is 14.4. The Morgan fingerprint density at radius 3 is 2.78 bits per heavy atom. The van der Waals surface area contributed by atoms with Crippen molar-refractivity contribution in [2.24, 2.45) is 5.92 Å². The van der Waals surface area contributed by atoms with Crippen LogP contribution in [0.2, 0.25) is 0 Å². The number of amides is 1. The monoisotopic (exact) mass is 324 g/mol. The number of rotatable bonds is 4. The van der Waals surface area contributed by atoms with E-state index in [0.717, 1.165) is 65.2 Å². The first kappa shape index (κ1) is 17.1. The summed E-state index contributed by atoms with van der Waals surface area (Å²) in [5.74, 6) is 0.903. The molecule has 23 heavy (non-hydrogen) atoms. The van der Waals surface area contributed by atoms with Crippen LogP contribution >= 0.6 is 0 Å². The van der Waals surface area contributed by atoms with Crippen LogP contribution in [-0.2, 0) is 9.53 Å². The molecule has 0 aromatic carbocycles. The van der Waals surface area contributed by atoms with Gasteiger partial charge in [-0.05, 0) is 32.1 Å². The van der Waals surface area contributed by atoms with E-state index in [2.05, 4.69) is 27.4 Å². The van der Waals surface area contributed by atoms with E-state index in [1.54, 1.807) is 0 Å². The molecule has 3 saturated heterocycles. The van der Waals surface area contributed by atoms with E-state index >= 15 is 0 Å². The number of carbonyl (C=O) groups excluding carboxylic acids is 1. The van der Waals surface area contributed by atoms with Gasteiger partial charge in [0.25, 0.3) is 0 Å². The highest BCUT2D eigenvalue weighted by molar-refractivity contribution is 5.78. The van der Waals surface area contributed by atoms with Crippen LogP contribution < -0.4 is 10.6 Å². The Labute approximate surface area is 139 Å². The number of hydrogen-bond donors (Lipinski definition) is 2. The minimum atomic E-state index is 0.308. The van der Waals surface area contributed by atoms with Crippen LogP contribution in [0.25, 0.3) is 0 Å². The number of nitrogens with one attached hydrogen (secondary N) is 2. The van der Waals surface area contributed by atoms with Gasteiger partial charge < -0.3 is 20.3 Å². The van der Waals surface area contributed by atoms with Gasteiger partial charge in [0.2, 0.25) is 5.91 Å². The highest BCUT2D eigenvalue weighted by atomic mass is 16.5. The number of ether oxygens (including phenoxy) is 1. The molecule has 0 bridgehead atoms. The van der Waals surface area contributed by atoms with E-state index in [4.69, 9.17) is 4.74 Å². The van der Waals surface area contributed by atoms with Crippen molar-refractivity contribution in [1.82, 2.24) is 20.4 Å². The van der Waals surface area contributed by atoms with Crippen molar-refractivity contribution in [2.75, 3.05) is 58.9 Å². The van der Waals surface area contributed by atoms with Crippen LogP contribution in [0.3, 0.4) is 0 Å². The van der Waals surface area contributed by atoms with E-state index in [-0.39, 0.29) is 0 Å². The Hall–Kier alpha value is -0.690. The molecular formula is C17H32N4O2. The molecule has 6 heteroatoms. The first-order valence-corrected chi connectivity index (χ1v) is 9.27. The van der Waals surface area contributed by atoms with Crippen LogP contribution in [0.5, 0.6) is 0 Å². The van der Waals surface area contributed by atoms with Crippen molar-refractivity contribution in [3.05, 3.63) is 0 Å². The summed E-state index contributed by atoms with van der Waals surface area (Å²) in [6, 6.07) is 0. The molecule has 6 nitrogen and oxygen atoms in total. The first-order valence-electron chi connectivity index (χ1n) is 9.27. The van der Waals surface area contributed by atoms with Crippen molar-refractivity contribution in [3.8, 4) is 0 Å². The van der Waals surface area contributed by atoms with E-state index in [1.807, 2.05) is 0 Å². The lowest BCUT2D eigenvalue weighted by molar-refractivity contribution is -0.135. The van der Waals surface area contributed by atoms with E-state index in [1.165, 1.54) is 6.42 Å². The summed E-state index contributed by atoms with van der Waals surface area (Å²) in [6.07, 6.45) is 4.06. The topological polar surface area (TPSA) is 56.8 Å². The molecule has 3 fully saturated rings. The second-order valence-electron chi connectivity index (χ2n) is 7.34. The molecule has 0 saturated carbocycles. The number of nitrogens with zero attached hydrogens (tertiary/aromatic N) is 2. The molecule has 0 spiro atoms. The number of piperidine rings is 1. The van der Waals surface area contributed by atoms with Gasteiger partial charge in [-0.3, -0.25) is 9.69 Å². The lowest BCUT2D eigenvalue weighted by Gasteiger charge is -2.37. The molecule has 0 aliphatic carbocycles. The summed E-state index contributed by atoms with van der Waals surface area (Å²) in [4.78, 5) is 16.9. The second kappa shape index (κ2) is 8.42. The number of piperazine rings is 1. The summed E-state index contributed by atoms with van der Waals surface area (Å²) in [5, 5.41) is 6.78. The third kappa shape index (κ3) is 5.14. The van der Waals surface area contributed by atoms with Gasteiger partial charge in [0.05, 0.1) is 18.8 Å². The Morgan fingerprint density at radius 1 is 1.17 bits per heavy atom. The van der Waals surface area contributed by atoms with E-state index < -0.39 is 0 Å². The van der Waals surface area contributed by atoms with Gasteiger partial charge in [-0.1, -0.05) is 0 Å². The number of likely N-dealkylation sites (tertiary alicyclic amines) is 1. The molecule has 0 aromatic heterocycles. The molecule has 3 atom stereocenters. The summed E-state index contributed by atoms with van der Waals surface area (Å²) >= 11 is 0. The maximum Gasteiger partial charge on any atom is 0.236 e. The average Bonchev–Trinajstić information content (AvgIpc) is 2.56. The van der Waals surface area contributed by atoms with Gasteiger partial charge in [-0.2, -0.15) is 0 Å². The van der Waals surface area contributed by atoms with E-state index in [0.29, 0.717) is 30.6 Å². The predicted molar refractivity (Wildman–Crippen MR) is 90.4 cm³/mol. The third-order valence-electron chi connectivity index (χ3n) is 5.26. The standard InChI is InChI=1S/C17H32N4O2/c1-14-10-19-11-16(23-14)9-15-3-2-6-21(12-15)17(22)13-20-7-4-18-5-8-20/h14-16,18-19H,2-13H2,1H3. The average molecular weight is 324 g/mol. The smallest absolute Gasteiger partial charge is 0.236 e. The molecule has 1 amide bonds. The summed E-state index contributed by atoms with van der Waals surface area (Å²) < 4.78 is 6.03. The molecular weight excluding hydrogens is 292 g/mol. The summed E-state index contributed by atoms with van der Waals surface area (Å²) in [7, 11) is 0. The Kier molecular flexibility index (Phi) is 6.28. The van der Waals surface area contributed by atoms with Crippen molar-refractivity contribution in [2.45, 2.75) is 38.4 Å². The highest BCUT2D eigenvalue weighted by Crippen LogP contribution is 2.23. The van der Waals surface area contributed by atoms with Crippen LogP contribution in [0.4, 0.5) is 0 Å². The number of hydrogen-bond acceptors (Lipinski definition) is 5. The summed E-state index contributed by atoms with van der Waals surface area (Å²) in [5.41, 5.74) is 0. The molecule has 132 valence electrons. The van der Waals surface area contributed by atoms with Crippen molar-refractivity contribution in [1.29, 1.82) is 0 Å². The van der Waals surface area contributed by atoms with Crippen LogP contribution in [0.15, 0.2) is 0 Å². The fourth-order valence-corrected chi connectivity index (χ4v) is 4.03. The Bertz CT molecular complexity index is 387. The maximum absolute atomic E-state index is 12.6. The Balaban J connectivity index is 1.44. The van der Waals surface area contributed by atoms with Crippen molar-refractivity contribution >= 4 is 5.91 Å². The van der Waals surface area contributed by atoms with Crippen LogP contribution in [0, 0.1) is 5.92 Å². The predicted octanol–water partition coefficient (Wildman–Crippen LogP) is -0.103. The first-order chi connectivity index (χ1) is 11.2. The fraction of sp³-hybridized carbons (Fsp3) is 0.941. The van der Waals surface area contributed by atoms with E-state index in [9.17, 15) is 4.79 Å². The van der Waals surface area contributed by atoms with Crippen molar-refractivity contribution in [3.63, 3.8) is 0 Å². The molecule has 3 aliphatic rings. The minimum absolute atomic E-state index is 0.308. The fourth-order valence-electron chi connectivity index (χ4n) is 4.03. The van der Waals surface area contributed by atoms with Crippen LogP contribution in [-0.4, -0.2) is 86.8 Å². The summed E-state index contributed by atoms with van der Waals surface area (Å²) in [6.45, 7) is 10.5. The number of morpholine rings is 1. The van der Waals surface area contributed by atoms with Gasteiger partial charge in [0.1, 0.15) is 0 Å². The van der Waals surface area contributed by atoms with Gasteiger partial charge in [-0.25, -0.2) is 0 Å². The molecule has 2 N–H and O–H groups in total. The zero-order valence-corrected chi connectivity index (χ0v) is 14.4. The lowest BCUT2D eigenvalue weighted by Crippen LogP contribution is -2.50. The third-order valence-corrected chi connectivity index (χ3v) is 5.26. The Morgan fingerprint density at radius 2 is 2.00 bits per heavy atom. The molecule has 3 aliphatic heterocycles. The van der Waals surface area contributed by atoms with Crippen LogP contribution in [0.1, 0.15) is 26.2 Å². The highest BCUT2D eigenvalue weighted by Gasteiger charge is 2.28. The molecule has 3 rings (SSSR count). The SMILES string of the molecule is CC1CNCC(CC2CCCN(C(=O)CN3CCNCC3)C2)O1. The number of carbonyl (C=O) groups is 1. The normalized spacial score (nSPS) is 33.6. The van der Waals surface area contributed by atoms with Gasteiger partial charge in [0.15, 0.2) is 0 Å². The second-order valence-corrected chi connectivity index (χ2v) is 7.34. The minimum Gasteiger partial charge on any atom is -0.373 e. The van der Waals surface area contributed by atoms with Gasteiger partial charge >= 0.3 is 0 Å². The lowest BCUT2D eigenvalue weighted by atomic mass is 9.91. The van der Waals surface area contributed by atoms with Crippen molar-refractivity contribution < 1.29 is 9.53 Å². The van der Waals surface area contributed by atoms with Gasteiger partial charge in [0, 0.05) is 52.4 Å². The molecule has 3 unspecified atom stereocenters. The largest absolute Gasteiger partial charge is 0.373 e. The molecule has 3 heterocycles. The quantitative estimate of drug-likeness (QED) is 0.756. The maximum atomic E-state index is 12.6. The molecule has 0 aromatic rings. The zero-order chi connectivity index (χ0) is 16.1. The van der Waals surface area contributed by atoms with Gasteiger partial charge in [-0.15, -0.1) is 0 Å².